The first kappa shape index (κ1) is 73.6. The Morgan fingerprint density at radius 1 is 0.329 bits per heavy atom. The van der Waals surface area contributed by atoms with E-state index >= 15 is 0 Å². The number of hydrogen-bond acceptors (Lipinski definition) is 3. The van der Waals surface area contributed by atoms with Gasteiger partial charge in [-0.3, -0.25) is 0 Å². The molecule has 452 valence electrons. The van der Waals surface area contributed by atoms with Crippen molar-refractivity contribution < 1.29 is 204 Å². The summed E-state index contributed by atoms with van der Waals surface area (Å²) in [7, 11) is 0. The summed E-state index contributed by atoms with van der Waals surface area (Å²) in [5.74, 6) is -159. The van der Waals surface area contributed by atoms with Gasteiger partial charge in [-0.2, -0.15) is 184 Å². The Kier molecular flexibility index (Phi) is 19.3. The van der Waals surface area contributed by atoms with Crippen molar-refractivity contribution in [2.75, 3.05) is 6.61 Å². The molecule has 0 unspecified atom stereocenters. The van der Waals surface area contributed by atoms with Gasteiger partial charge in [-0.25, -0.2) is 9.59 Å². The van der Waals surface area contributed by atoms with Crippen LogP contribution in [-0.4, -0.2) is 143 Å². The van der Waals surface area contributed by atoms with Crippen molar-refractivity contribution in [3.05, 3.63) is 24.8 Å². The lowest BCUT2D eigenvalue weighted by Gasteiger charge is -2.44. The first-order valence-corrected chi connectivity index (χ1v) is 16.9. The Labute approximate surface area is 386 Å². The molecule has 0 aliphatic heterocycles. The molecule has 0 aromatic rings. The van der Waals surface area contributed by atoms with E-state index in [1.165, 1.54) is 0 Å². The van der Waals surface area contributed by atoms with E-state index in [1.807, 2.05) is 0 Å². The highest BCUT2D eigenvalue weighted by molar-refractivity contribution is 5.85. The van der Waals surface area contributed by atoms with E-state index in [4.69, 9.17) is 5.11 Å². The number of carbonyl (C=O) groups is 2. The van der Waals surface area contributed by atoms with E-state index in [-0.39, 0.29) is 6.08 Å². The molecule has 76 heavy (non-hydrogen) atoms. The highest BCUT2D eigenvalue weighted by Gasteiger charge is 3.00. The Morgan fingerprint density at radius 2 is 0.513 bits per heavy atom. The van der Waals surface area contributed by atoms with Crippen LogP contribution < -0.4 is 0 Å². The average Bonchev–Trinajstić information content (AvgIpc) is 3.20. The Hall–Kier alpha value is -4.52. The summed E-state index contributed by atoms with van der Waals surface area (Å²) >= 11 is 0. The Balaban J connectivity index is 0. The first-order chi connectivity index (χ1) is 32.3. The Bertz CT molecular complexity index is 2090. The molecule has 0 atom stereocenters. The minimum Gasteiger partial charge on any atom is -0.478 e. The molecule has 0 bridgehead atoms. The number of ether oxygens (including phenoxy) is 1. The molecule has 0 amide bonds. The molecule has 46 heteroatoms. The fourth-order valence-electron chi connectivity index (χ4n) is 4.25. The summed E-state index contributed by atoms with van der Waals surface area (Å²) in [6.45, 7) is 2.84. The van der Waals surface area contributed by atoms with Crippen molar-refractivity contribution in [1.29, 1.82) is 0 Å². The number of alkyl halides is 42. The van der Waals surface area contributed by atoms with Crippen molar-refractivity contribution in [2.45, 2.75) is 138 Å². The maximum absolute atomic E-state index is 13.6. The van der Waals surface area contributed by atoms with Gasteiger partial charge in [0.1, 0.15) is 0 Å². The van der Waals surface area contributed by atoms with Crippen LogP contribution in [0.5, 0.6) is 0 Å². The van der Waals surface area contributed by atoms with Crippen molar-refractivity contribution in [3.63, 3.8) is 0 Å². The smallest absolute Gasteiger partial charge is 0.460 e. The van der Waals surface area contributed by atoms with Gasteiger partial charge in [0.2, 0.25) is 0 Å². The summed E-state index contributed by atoms with van der Waals surface area (Å²) in [6, 6.07) is 0. The molecule has 0 radical (unpaired) electrons. The molecule has 0 saturated heterocycles. The summed E-state index contributed by atoms with van der Waals surface area (Å²) < 4.78 is 556. The van der Waals surface area contributed by atoms with Crippen LogP contribution in [0.4, 0.5) is 184 Å². The number of aliphatic carboxylic acids is 1. The van der Waals surface area contributed by atoms with Crippen LogP contribution >= 0.6 is 0 Å². The number of esters is 1. The molecule has 1 N–H and O–H groups in total. The molecular weight excluding hydrogens is 1220 g/mol. The maximum atomic E-state index is 13.6. The second kappa shape index (κ2) is 20.0. The van der Waals surface area contributed by atoms with Crippen molar-refractivity contribution >= 4 is 11.9 Å². The topological polar surface area (TPSA) is 63.6 Å². The van der Waals surface area contributed by atoms with Gasteiger partial charge in [0, 0.05) is 18.1 Å². The molecule has 0 saturated carbocycles. The zero-order valence-corrected chi connectivity index (χ0v) is 33.9. The van der Waals surface area contributed by atoms with Gasteiger partial charge < -0.3 is 9.84 Å². The van der Waals surface area contributed by atoms with Gasteiger partial charge in [0.05, 0.1) is 13.0 Å². The summed E-state index contributed by atoms with van der Waals surface area (Å²) in [6.07, 6.45) is -24.0. The van der Waals surface area contributed by atoms with E-state index in [1.54, 1.807) is 0 Å². The van der Waals surface area contributed by atoms with Crippen LogP contribution in [0.1, 0.15) is 19.3 Å². The quantitative estimate of drug-likeness (QED) is 0.0594. The van der Waals surface area contributed by atoms with E-state index < -0.39 is 162 Å². The van der Waals surface area contributed by atoms with Crippen LogP contribution in [0.25, 0.3) is 0 Å². The fraction of sp³-hybridized carbons (Fsp3) is 0.800. The van der Waals surface area contributed by atoms with E-state index in [2.05, 4.69) is 17.9 Å². The van der Waals surface area contributed by atoms with Gasteiger partial charge in [-0.1, -0.05) is 13.2 Å². The number of rotatable bonds is 24. The number of halogens is 42. The third-order valence-corrected chi connectivity index (χ3v) is 9.02. The summed E-state index contributed by atoms with van der Waals surface area (Å²) in [4.78, 5) is 20.9. The molecule has 4 nitrogen and oxygen atoms in total. The molecule has 0 fully saturated rings. The van der Waals surface area contributed by atoms with E-state index in [0.29, 0.717) is 0 Å². The number of carboxylic acids is 1. The molecule has 0 rings (SSSR count). The van der Waals surface area contributed by atoms with E-state index in [9.17, 15) is 194 Å². The lowest BCUT2D eigenvalue weighted by molar-refractivity contribution is -0.474. The normalized spacial score (nSPS) is 16.0. The van der Waals surface area contributed by atoms with E-state index in [0.717, 1.165) is 0 Å². The minimum absolute atomic E-state index is 0.111. The SMILES string of the molecule is C=C(CCC(F)(F)C(F)(F)C(F)(F)C(F)(F)C(F)(F)C(F)(F)C(F)(F)C(F)(F)C(F)(F)C(F)(F)F)C(=O)O.C=CC(=O)OCCC(F)(F)C(F)(F)C(F)(F)C(F)(F)C(F)(F)C(F)(F)C(F)(F)C(F)(F)C(F)(F)C(F)(F)F. The molecule has 0 aliphatic rings. The number of carbonyl (C=O) groups excluding carboxylic acids is 1. The highest BCUT2D eigenvalue weighted by atomic mass is 19.5. The first-order valence-electron chi connectivity index (χ1n) is 16.9. The molecule has 0 aromatic carbocycles. The van der Waals surface area contributed by atoms with Gasteiger partial charge in [0.15, 0.2) is 0 Å². The van der Waals surface area contributed by atoms with Crippen molar-refractivity contribution in [2.24, 2.45) is 0 Å². The number of hydrogen-bond donors (Lipinski definition) is 1. The fourth-order valence-corrected chi connectivity index (χ4v) is 4.25. The third-order valence-electron chi connectivity index (χ3n) is 9.02. The maximum Gasteiger partial charge on any atom is 0.460 e. The molecule has 0 heterocycles. The van der Waals surface area contributed by atoms with Crippen LogP contribution in [-0.2, 0) is 14.3 Å². The van der Waals surface area contributed by atoms with Crippen LogP contribution in [0, 0.1) is 0 Å². The zero-order chi connectivity index (χ0) is 63.0. The van der Waals surface area contributed by atoms with Gasteiger partial charge >= 0.3 is 131 Å². The third kappa shape index (κ3) is 10.5. The lowest BCUT2D eigenvalue weighted by atomic mass is 9.85. The molecular formula is C30H14F42O4. The summed E-state index contributed by atoms with van der Waals surface area (Å²) in [5, 5.41) is 8.28. The average molecular weight is 1240 g/mol. The monoisotopic (exact) mass is 1240 g/mol. The van der Waals surface area contributed by atoms with Gasteiger partial charge in [-0.05, 0) is 6.42 Å². The standard InChI is InChI=1S/2C15H7F21O2/c1-4(5(37)38)2-3-6(16,17)7(18,19)8(20,21)9(22,23)10(24,25)11(26,27)12(28,29)13(30,31)14(32,33)15(34,35)36;1-2-5(37)38-4-3-6(16,17)7(18,19)8(20,21)9(22,23)10(24,25)11(26,27)12(28,29)13(30,31)14(32,33)15(34,35)36/h1-3H2,(H,37,38);2H,1,3-4H2. The van der Waals surface area contributed by atoms with Gasteiger partial charge in [-0.15, -0.1) is 0 Å². The zero-order valence-electron chi connectivity index (χ0n) is 33.9. The second-order valence-electron chi connectivity index (χ2n) is 14.1. The van der Waals surface area contributed by atoms with Crippen molar-refractivity contribution in [1.82, 2.24) is 0 Å². The van der Waals surface area contributed by atoms with Crippen LogP contribution in [0.15, 0.2) is 24.8 Å². The molecule has 0 aromatic heterocycles. The largest absolute Gasteiger partial charge is 0.478 e. The Morgan fingerprint density at radius 3 is 0.697 bits per heavy atom. The van der Waals surface area contributed by atoms with Crippen LogP contribution in [0.3, 0.4) is 0 Å². The van der Waals surface area contributed by atoms with Crippen LogP contribution in [0.2, 0.25) is 0 Å². The number of carboxylic acid groups (broad SMARTS) is 1. The molecule has 0 aliphatic carbocycles. The predicted octanol–water partition coefficient (Wildman–Crippen LogP) is 15.1. The highest BCUT2D eigenvalue weighted by Crippen LogP contribution is 2.69. The summed E-state index contributed by atoms with van der Waals surface area (Å²) in [5.41, 5.74) is -1.56. The molecule has 0 spiro atoms. The van der Waals surface area contributed by atoms with Crippen molar-refractivity contribution in [3.8, 4) is 0 Å². The predicted molar refractivity (Wildman–Crippen MR) is 153 cm³/mol. The van der Waals surface area contributed by atoms with Gasteiger partial charge in [0.25, 0.3) is 0 Å². The lowest BCUT2D eigenvalue weighted by Crippen LogP contribution is -2.76. The minimum atomic E-state index is -9.23. The second-order valence-corrected chi connectivity index (χ2v) is 14.1.